The maximum Gasteiger partial charge on any atom is 0.241 e. The second kappa shape index (κ2) is 3.89. The topological polar surface area (TPSA) is 78.0 Å². The number of rotatable bonds is 2. The monoisotopic (exact) mass is 257 g/mol. The molecule has 0 fully saturated rings. The van der Waals surface area contributed by atoms with Crippen LogP contribution in [0.5, 0.6) is 0 Å². The molecule has 0 aliphatic rings. The Morgan fingerprint density at radius 1 is 1.38 bits per heavy atom. The number of hydrogen-bond acceptors (Lipinski definition) is 3. The van der Waals surface area contributed by atoms with Crippen LogP contribution < -0.4 is 5.14 Å². The summed E-state index contributed by atoms with van der Waals surface area (Å²) in [6, 6.07) is 6.89. The minimum atomic E-state index is -3.72. The maximum atomic E-state index is 11.0. The van der Waals surface area contributed by atoms with E-state index < -0.39 is 10.0 Å². The third-order valence-corrected chi connectivity index (χ3v) is 3.06. The summed E-state index contributed by atoms with van der Waals surface area (Å²) in [5.41, 5.74) is 0.669. The van der Waals surface area contributed by atoms with Crippen molar-refractivity contribution < 1.29 is 8.42 Å². The van der Waals surface area contributed by atoms with Crippen LogP contribution in [0.15, 0.2) is 41.6 Å². The van der Waals surface area contributed by atoms with Crippen molar-refractivity contribution in [2.24, 2.45) is 5.14 Å². The molecule has 0 aliphatic heterocycles. The molecule has 0 amide bonds. The molecule has 5 nitrogen and oxygen atoms in total. The van der Waals surface area contributed by atoms with E-state index >= 15 is 0 Å². The quantitative estimate of drug-likeness (QED) is 0.877. The molecule has 0 bridgehead atoms. The van der Waals surface area contributed by atoms with Crippen LogP contribution in [0.1, 0.15) is 0 Å². The molecule has 0 radical (unpaired) electrons. The second-order valence-corrected chi connectivity index (χ2v) is 5.14. The number of halogens is 1. The van der Waals surface area contributed by atoms with E-state index in [-0.39, 0.29) is 4.90 Å². The van der Waals surface area contributed by atoms with E-state index in [1.807, 2.05) is 0 Å². The van der Waals surface area contributed by atoms with Gasteiger partial charge < -0.3 is 0 Å². The van der Waals surface area contributed by atoms with Crippen molar-refractivity contribution in [3.8, 4) is 5.69 Å². The predicted octanol–water partition coefficient (Wildman–Crippen LogP) is 1.17. The molecule has 2 rings (SSSR count). The largest absolute Gasteiger partial charge is 0.241 e. The molecule has 0 saturated heterocycles. The Bertz CT molecular complexity index is 621. The van der Waals surface area contributed by atoms with Crippen LogP contribution in [0.3, 0.4) is 0 Å². The average molecular weight is 258 g/mol. The molecule has 1 heterocycles. The van der Waals surface area contributed by atoms with Gasteiger partial charge in [-0.2, -0.15) is 5.10 Å². The summed E-state index contributed by atoms with van der Waals surface area (Å²) < 4.78 is 23.5. The number of nitrogens with zero attached hydrogens (tertiary/aromatic N) is 2. The Morgan fingerprint density at radius 2 is 2.12 bits per heavy atom. The molecule has 2 N–H and O–H groups in total. The fourth-order valence-corrected chi connectivity index (χ4v) is 1.84. The van der Waals surface area contributed by atoms with Gasteiger partial charge in [-0.3, -0.25) is 0 Å². The van der Waals surface area contributed by atoms with Crippen molar-refractivity contribution in [3.63, 3.8) is 0 Å². The summed E-state index contributed by atoms with van der Waals surface area (Å²) in [7, 11) is -3.72. The Morgan fingerprint density at radius 3 is 2.69 bits per heavy atom. The highest BCUT2D eigenvalue weighted by Crippen LogP contribution is 2.15. The molecule has 0 spiro atoms. The maximum absolute atomic E-state index is 11.0. The van der Waals surface area contributed by atoms with Gasteiger partial charge in [-0.25, -0.2) is 18.2 Å². The second-order valence-electron chi connectivity index (χ2n) is 3.15. The number of nitrogens with two attached hydrogens (primary N) is 1. The van der Waals surface area contributed by atoms with Crippen LogP contribution in [0.25, 0.3) is 5.69 Å². The van der Waals surface area contributed by atoms with Crippen molar-refractivity contribution in [3.05, 3.63) is 41.7 Å². The minimum absolute atomic E-state index is 0.0347. The SMILES string of the molecule is NS(=O)(=O)c1cnn(-c2cccc(Cl)c2)c1. The van der Waals surface area contributed by atoms with Crippen LogP contribution in [0.4, 0.5) is 0 Å². The zero-order valence-electron chi connectivity index (χ0n) is 8.04. The van der Waals surface area contributed by atoms with Crippen molar-refractivity contribution in [1.82, 2.24) is 9.78 Å². The number of sulfonamides is 1. The summed E-state index contributed by atoms with van der Waals surface area (Å²) in [6.07, 6.45) is 2.53. The standard InChI is InChI=1S/C9H8ClN3O2S/c10-7-2-1-3-8(4-7)13-6-9(5-12-13)16(11,14)15/h1-6H,(H2,11,14,15). The normalized spacial score (nSPS) is 11.6. The molecule has 2 aromatic rings. The number of hydrogen-bond donors (Lipinski definition) is 1. The van der Waals surface area contributed by atoms with Crippen LogP contribution in [0, 0.1) is 0 Å². The molecular weight excluding hydrogens is 250 g/mol. The highest BCUT2D eigenvalue weighted by Gasteiger charge is 2.11. The highest BCUT2D eigenvalue weighted by atomic mass is 35.5. The van der Waals surface area contributed by atoms with E-state index in [2.05, 4.69) is 5.10 Å². The summed E-state index contributed by atoms with van der Waals surface area (Å²) in [4.78, 5) is -0.0347. The van der Waals surface area contributed by atoms with Gasteiger partial charge in [-0.15, -0.1) is 0 Å². The first-order valence-corrected chi connectivity index (χ1v) is 6.23. The van der Waals surface area contributed by atoms with E-state index in [9.17, 15) is 8.42 Å². The number of primary sulfonamides is 1. The Hall–Kier alpha value is -1.37. The molecule has 0 unspecified atom stereocenters. The number of benzene rings is 1. The summed E-state index contributed by atoms with van der Waals surface area (Å²) in [5, 5.41) is 9.41. The zero-order valence-corrected chi connectivity index (χ0v) is 9.61. The molecule has 0 aliphatic carbocycles. The molecule has 0 atom stereocenters. The lowest BCUT2D eigenvalue weighted by Crippen LogP contribution is -2.11. The van der Waals surface area contributed by atoms with E-state index in [0.29, 0.717) is 10.7 Å². The molecule has 1 aromatic heterocycles. The highest BCUT2D eigenvalue weighted by molar-refractivity contribution is 7.89. The van der Waals surface area contributed by atoms with E-state index in [0.717, 1.165) is 0 Å². The third kappa shape index (κ3) is 2.24. The molecule has 84 valence electrons. The fourth-order valence-electron chi connectivity index (χ4n) is 1.21. The van der Waals surface area contributed by atoms with Crippen LogP contribution >= 0.6 is 11.6 Å². The average Bonchev–Trinajstić information content (AvgIpc) is 2.65. The van der Waals surface area contributed by atoms with Gasteiger partial charge >= 0.3 is 0 Å². The summed E-state index contributed by atoms with van der Waals surface area (Å²) in [6.45, 7) is 0. The van der Waals surface area contributed by atoms with Gasteiger partial charge in [-0.05, 0) is 18.2 Å². The lowest BCUT2D eigenvalue weighted by atomic mass is 10.3. The Balaban J connectivity index is 2.47. The first-order valence-electron chi connectivity index (χ1n) is 4.30. The third-order valence-electron chi connectivity index (χ3n) is 1.96. The molecular formula is C9H8ClN3O2S. The summed E-state index contributed by atoms with van der Waals surface area (Å²) in [5.74, 6) is 0. The molecule has 1 aromatic carbocycles. The number of aromatic nitrogens is 2. The van der Waals surface area contributed by atoms with E-state index in [1.54, 1.807) is 24.3 Å². The smallest absolute Gasteiger partial charge is 0.240 e. The van der Waals surface area contributed by atoms with Gasteiger partial charge in [0, 0.05) is 5.02 Å². The Kier molecular flexibility index (Phi) is 2.71. The van der Waals surface area contributed by atoms with Crippen molar-refractivity contribution in [2.45, 2.75) is 4.90 Å². The fraction of sp³-hybridized carbons (Fsp3) is 0. The molecule has 0 saturated carbocycles. The minimum Gasteiger partial charge on any atom is -0.240 e. The molecule has 16 heavy (non-hydrogen) atoms. The first kappa shape index (κ1) is 11.1. The van der Waals surface area contributed by atoms with Gasteiger partial charge in [0.1, 0.15) is 4.90 Å². The summed E-state index contributed by atoms with van der Waals surface area (Å²) >= 11 is 5.81. The van der Waals surface area contributed by atoms with Gasteiger partial charge in [0.2, 0.25) is 10.0 Å². The van der Waals surface area contributed by atoms with Crippen molar-refractivity contribution in [1.29, 1.82) is 0 Å². The van der Waals surface area contributed by atoms with E-state index in [4.69, 9.17) is 16.7 Å². The lowest BCUT2D eigenvalue weighted by Gasteiger charge is -2.00. The van der Waals surface area contributed by atoms with Gasteiger partial charge in [0.05, 0.1) is 18.1 Å². The molecule has 7 heteroatoms. The van der Waals surface area contributed by atoms with Crippen LogP contribution in [-0.2, 0) is 10.0 Å². The van der Waals surface area contributed by atoms with Crippen LogP contribution in [0.2, 0.25) is 5.02 Å². The van der Waals surface area contributed by atoms with Gasteiger partial charge in [0.25, 0.3) is 0 Å². The van der Waals surface area contributed by atoms with Crippen LogP contribution in [-0.4, -0.2) is 18.2 Å². The van der Waals surface area contributed by atoms with Crippen molar-refractivity contribution >= 4 is 21.6 Å². The lowest BCUT2D eigenvalue weighted by molar-refractivity contribution is 0.598. The zero-order chi connectivity index (χ0) is 11.8. The van der Waals surface area contributed by atoms with Gasteiger partial charge in [-0.1, -0.05) is 17.7 Å². The van der Waals surface area contributed by atoms with Gasteiger partial charge in [0.15, 0.2) is 0 Å². The van der Waals surface area contributed by atoms with Crippen molar-refractivity contribution in [2.75, 3.05) is 0 Å². The van der Waals surface area contributed by atoms with E-state index in [1.165, 1.54) is 17.1 Å². The Labute approximate surface area is 97.5 Å². The first-order chi connectivity index (χ1) is 7.47. The predicted molar refractivity (Wildman–Crippen MR) is 59.9 cm³/mol.